The number of nitrogens with one attached hydrogen (secondary N) is 2. The van der Waals surface area contributed by atoms with Gasteiger partial charge in [0, 0.05) is 23.8 Å². The molecule has 2 aromatic rings. The van der Waals surface area contributed by atoms with Crippen molar-refractivity contribution in [2.45, 2.75) is 51.1 Å². The van der Waals surface area contributed by atoms with E-state index in [0.29, 0.717) is 23.7 Å². The molecule has 1 saturated heterocycles. The molecule has 2 fully saturated rings. The topological polar surface area (TPSA) is 85.4 Å². The summed E-state index contributed by atoms with van der Waals surface area (Å²) >= 11 is 0. The van der Waals surface area contributed by atoms with Crippen LogP contribution in [-0.4, -0.2) is 45.4 Å². The van der Waals surface area contributed by atoms with Gasteiger partial charge in [-0.15, -0.1) is 0 Å². The van der Waals surface area contributed by atoms with Crippen molar-refractivity contribution in [2.75, 3.05) is 6.54 Å². The molecule has 1 saturated carbocycles. The fourth-order valence-corrected chi connectivity index (χ4v) is 4.73. The third kappa shape index (κ3) is 3.51. The lowest BCUT2D eigenvalue weighted by Gasteiger charge is -2.29. The zero-order valence-electron chi connectivity index (χ0n) is 16.1. The average molecular weight is 381 g/mol. The lowest BCUT2D eigenvalue weighted by atomic mass is 10.0. The van der Waals surface area contributed by atoms with Crippen LogP contribution in [-0.2, 0) is 6.42 Å². The van der Waals surface area contributed by atoms with Gasteiger partial charge < -0.3 is 20.3 Å². The van der Waals surface area contributed by atoms with E-state index in [-0.39, 0.29) is 29.6 Å². The van der Waals surface area contributed by atoms with Crippen LogP contribution in [0.3, 0.4) is 0 Å². The van der Waals surface area contributed by atoms with Crippen LogP contribution in [0.25, 0.3) is 0 Å². The maximum absolute atomic E-state index is 13.2. The van der Waals surface area contributed by atoms with E-state index in [4.69, 9.17) is 0 Å². The van der Waals surface area contributed by atoms with Crippen LogP contribution in [0, 0.1) is 5.92 Å². The Morgan fingerprint density at radius 1 is 1.18 bits per heavy atom. The maximum Gasteiger partial charge on any atom is 0.270 e. The minimum absolute atomic E-state index is 0.0113. The molecule has 3 N–H and O–H groups in total. The van der Waals surface area contributed by atoms with Gasteiger partial charge in [0.2, 0.25) is 0 Å². The number of H-pyrrole nitrogens is 1. The van der Waals surface area contributed by atoms with E-state index in [1.54, 1.807) is 12.1 Å². The van der Waals surface area contributed by atoms with Gasteiger partial charge in [-0.25, -0.2) is 0 Å². The first-order chi connectivity index (χ1) is 13.6. The Balaban J connectivity index is 1.47. The van der Waals surface area contributed by atoms with Gasteiger partial charge in [-0.1, -0.05) is 13.3 Å². The SMILES string of the molecule is CCc1ccc(C(=O)N2[C@H](CNC(=O)c3ccc(O)cc3)C[C@@H]3CCC[C@@H]32)[nH]1. The van der Waals surface area contributed by atoms with Gasteiger partial charge in [-0.05, 0) is 68.0 Å². The third-order valence-electron chi connectivity index (χ3n) is 6.16. The van der Waals surface area contributed by atoms with Gasteiger partial charge in [0.05, 0.1) is 6.04 Å². The first kappa shape index (κ1) is 18.6. The molecule has 3 atom stereocenters. The lowest BCUT2D eigenvalue weighted by Crippen LogP contribution is -2.46. The number of likely N-dealkylation sites (tertiary alicyclic amines) is 1. The molecule has 1 aromatic carbocycles. The van der Waals surface area contributed by atoms with Crippen LogP contribution in [0.2, 0.25) is 0 Å². The van der Waals surface area contributed by atoms with Crippen LogP contribution in [0.5, 0.6) is 5.75 Å². The standard InChI is InChI=1S/C22H27N3O3/c1-2-16-8-11-19(24-16)22(28)25-17(12-15-4-3-5-20(15)25)13-23-21(27)14-6-9-18(26)10-7-14/h6-11,15,17,20,24,26H,2-5,12-13H2,1H3,(H,23,27)/t15-,17-,20-/m0/s1. The fraction of sp³-hybridized carbons (Fsp3) is 0.455. The van der Waals surface area contributed by atoms with Gasteiger partial charge >= 0.3 is 0 Å². The molecule has 1 aliphatic carbocycles. The minimum Gasteiger partial charge on any atom is -0.508 e. The Kier molecular flexibility index (Phi) is 5.11. The van der Waals surface area contributed by atoms with E-state index in [1.807, 2.05) is 17.0 Å². The number of amides is 2. The number of aryl methyl sites for hydroxylation is 1. The summed E-state index contributed by atoms with van der Waals surface area (Å²) in [4.78, 5) is 30.9. The van der Waals surface area contributed by atoms with Crippen LogP contribution in [0.15, 0.2) is 36.4 Å². The Morgan fingerprint density at radius 3 is 2.68 bits per heavy atom. The molecule has 0 unspecified atom stereocenters. The van der Waals surface area contributed by atoms with Gasteiger partial charge in [0.1, 0.15) is 11.4 Å². The smallest absolute Gasteiger partial charge is 0.270 e. The van der Waals surface area contributed by atoms with E-state index < -0.39 is 0 Å². The van der Waals surface area contributed by atoms with Crippen molar-refractivity contribution in [2.24, 2.45) is 5.92 Å². The Bertz CT molecular complexity index is 858. The molecule has 148 valence electrons. The molecule has 2 amide bonds. The number of hydrogen-bond acceptors (Lipinski definition) is 3. The first-order valence-corrected chi connectivity index (χ1v) is 10.1. The van der Waals surface area contributed by atoms with E-state index in [2.05, 4.69) is 17.2 Å². The quantitative estimate of drug-likeness (QED) is 0.744. The number of nitrogens with zero attached hydrogens (tertiary/aromatic N) is 1. The maximum atomic E-state index is 13.2. The van der Waals surface area contributed by atoms with Crippen LogP contribution in [0.1, 0.15) is 59.1 Å². The highest BCUT2D eigenvalue weighted by atomic mass is 16.3. The molecule has 0 bridgehead atoms. The number of fused-ring (bicyclic) bond motifs is 1. The number of phenols is 1. The molecular weight excluding hydrogens is 354 g/mol. The molecular formula is C22H27N3O3. The number of hydrogen-bond donors (Lipinski definition) is 3. The first-order valence-electron chi connectivity index (χ1n) is 10.1. The van der Waals surface area contributed by atoms with Crippen molar-refractivity contribution in [1.82, 2.24) is 15.2 Å². The average Bonchev–Trinajstić information content (AvgIpc) is 3.41. The summed E-state index contributed by atoms with van der Waals surface area (Å²) in [7, 11) is 0. The summed E-state index contributed by atoms with van der Waals surface area (Å²) in [6.45, 7) is 2.50. The molecule has 1 aromatic heterocycles. The number of rotatable bonds is 5. The number of carbonyl (C=O) groups excluding carboxylic acids is 2. The molecule has 0 spiro atoms. The van der Waals surface area contributed by atoms with Crippen LogP contribution >= 0.6 is 0 Å². The van der Waals surface area contributed by atoms with Crippen molar-refractivity contribution >= 4 is 11.8 Å². The predicted molar refractivity (Wildman–Crippen MR) is 106 cm³/mol. The summed E-state index contributed by atoms with van der Waals surface area (Å²) in [5, 5.41) is 12.4. The summed E-state index contributed by atoms with van der Waals surface area (Å²) in [6.07, 6.45) is 5.16. The third-order valence-corrected chi connectivity index (χ3v) is 6.16. The van der Waals surface area contributed by atoms with Crippen molar-refractivity contribution in [3.63, 3.8) is 0 Å². The Morgan fingerprint density at radius 2 is 1.96 bits per heavy atom. The van der Waals surface area contributed by atoms with Gasteiger partial charge in [-0.3, -0.25) is 9.59 Å². The van der Waals surface area contributed by atoms with Crippen molar-refractivity contribution in [1.29, 1.82) is 0 Å². The second-order valence-corrected chi connectivity index (χ2v) is 7.87. The molecule has 4 rings (SSSR count). The van der Waals surface area contributed by atoms with Crippen molar-refractivity contribution < 1.29 is 14.7 Å². The summed E-state index contributed by atoms with van der Waals surface area (Å²) in [5.74, 6) is 0.519. The molecule has 1 aliphatic heterocycles. The summed E-state index contributed by atoms with van der Waals surface area (Å²) < 4.78 is 0. The van der Waals surface area contributed by atoms with E-state index in [1.165, 1.54) is 12.1 Å². The van der Waals surface area contributed by atoms with E-state index in [9.17, 15) is 14.7 Å². The largest absolute Gasteiger partial charge is 0.508 e. The zero-order chi connectivity index (χ0) is 19.7. The molecule has 6 heteroatoms. The number of aromatic amines is 1. The molecule has 28 heavy (non-hydrogen) atoms. The molecule has 2 aliphatic rings. The number of aromatic nitrogens is 1. The van der Waals surface area contributed by atoms with Crippen LogP contribution < -0.4 is 5.32 Å². The minimum atomic E-state index is -0.183. The molecule has 6 nitrogen and oxygen atoms in total. The summed E-state index contributed by atoms with van der Waals surface area (Å²) in [6, 6.07) is 10.3. The van der Waals surface area contributed by atoms with Crippen molar-refractivity contribution in [3.8, 4) is 5.75 Å². The zero-order valence-corrected chi connectivity index (χ0v) is 16.1. The van der Waals surface area contributed by atoms with Gasteiger partial charge in [-0.2, -0.15) is 0 Å². The van der Waals surface area contributed by atoms with Crippen LogP contribution in [0.4, 0.5) is 0 Å². The predicted octanol–water partition coefficient (Wildman–Crippen LogP) is 3.10. The van der Waals surface area contributed by atoms with Crippen molar-refractivity contribution in [3.05, 3.63) is 53.3 Å². The number of aromatic hydroxyl groups is 1. The second kappa shape index (κ2) is 7.70. The summed E-state index contributed by atoms with van der Waals surface area (Å²) in [5.41, 5.74) is 2.20. The molecule has 0 radical (unpaired) electrons. The van der Waals surface area contributed by atoms with Gasteiger partial charge in [0.25, 0.3) is 11.8 Å². The normalized spacial score (nSPS) is 23.6. The number of phenolic OH excluding ortho intramolecular Hbond substituents is 1. The van der Waals surface area contributed by atoms with Gasteiger partial charge in [0.15, 0.2) is 0 Å². The number of benzene rings is 1. The number of carbonyl (C=O) groups is 2. The second-order valence-electron chi connectivity index (χ2n) is 7.87. The highest BCUT2D eigenvalue weighted by molar-refractivity contribution is 5.95. The Labute approximate surface area is 164 Å². The highest BCUT2D eigenvalue weighted by Crippen LogP contribution is 2.41. The Hall–Kier alpha value is -2.76. The highest BCUT2D eigenvalue weighted by Gasteiger charge is 2.46. The van der Waals surface area contributed by atoms with E-state index >= 15 is 0 Å². The molecule has 2 heterocycles. The fourth-order valence-electron chi connectivity index (χ4n) is 4.73. The van der Waals surface area contributed by atoms with E-state index in [0.717, 1.165) is 37.8 Å². The monoisotopic (exact) mass is 381 g/mol. The lowest BCUT2D eigenvalue weighted by molar-refractivity contribution is 0.0645.